The van der Waals surface area contributed by atoms with Crippen molar-refractivity contribution in [3.8, 4) is 39.1 Å². The van der Waals surface area contributed by atoms with Gasteiger partial charge in [0.2, 0.25) is 0 Å². The highest BCUT2D eigenvalue weighted by Gasteiger charge is 2.46. The molecular formula is C65H44N2. The molecule has 2 heteroatoms. The molecule has 0 radical (unpaired) electrons. The quantitative estimate of drug-likeness (QED) is 0.148. The van der Waals surface area contributed by atoms with Crippen LogP contribution in [0.25, 0.3) is 71.6 Å². The van der Waals surface area contributed by atoms with Crippen LogP contribution in [0.4, 0.5) is 17.1 Å². The predicted octanol–water partition coefficient (Wildman–Crippen LogP) is 17.1. The lowest BCUT2D eigenvalue weighted by molar-refractivity contribution is 0.768. The summed E-state index contributed by atoms with van der Waals surface area (Å²) < 4.78 is 2.41. The molecule has 11 aromatic carbocycles. The third-order valence-corrected chi connectivity index (χ3v) is 14.1. The fourth-order valence-electron chi connectivity index (χ4n) is 11.0. The molecule has 0 N–H and O–H groups in total. The van der Waals surface area contributed by atoms with Gasteiger partial charge in [0.05, 0.1) is 16.4 Å². The average Bonchev–Trinajstić information content (AvgIpc) is 3.89. The van der Waals surface area contributed by atoms with E-state index in [1.54, 1.807) is 0 Å². The SMILES string of the molecule is c1ccc(-c2ccc(N(c3ccc(-c4ccc(-n5c6ccccc6c6cc7ccccc7cc65)cc4)cc3)c3ccc4c(c3)C(c3ccccc3)(c3ccccc3)c3ccccc3-4)cc2)cc1. The number of aromatic nitrogens is 1. The zero-order chi connectivity index (χ0) is 44.3. The monoisotopic (exact) mass is 852 g/mol. The Morgan fingerprint density at radius 2 is 0.776 bits per heavy atom. The van der Waals surface area contributed by atoms with E-state index >= 15 is 0 Å². The molecule has 0 spiro atoms. The molecule has 1 aliphatic carbocycles. The van der Waals surface area contributed by atoms with Crippen molar-refractivity contribution < 1.29 is 0 Å². The van der Waals surface area contributed by atoms with Crippen LogP contribution in [0, 0.1) is 0 Å². The van der Waals surface area contributed by atoms with Crippen molar-refractivity contribution in [2.75, 3.05) is 4.90 Å². The van der Waals surface area contributed by atoms with E-state index in [4.69, 9.17) is 0 Å². The standard InChI is InChI=1S/C65H44N2/c1-4-16-45(17-5-1)46-28-34-53(35-29-46)66(56-40-41-58-57-24-12-14-26-61(57)65(62(58)44-56,51-20-6-2-7-21-51)52-22-8-3-9-23-52)54-36-30-47(31-37-54)48-32-38-55(39-33-48)67-63-27-15-13-25-59(63)60-42-49-18-10-11-19-50(49)43-64(60)67/h1-44H. The lowest BCUT2D eigenvalue weighted by Crippen LogP contribution is -2.28. The molecule has 0 bridgehead atoms. The highest BCUT2D eigenvalue weighted by molar-refractivity contribution is 6.13. The summed E-state index contributed by atoms with van der Waals surface area (Å²) >= 11 is 0. The molecule has 0 saturated carbocycles. The van der Waals surface area contributed by atoms with E-state index in [9.17, 15) is 0 Å². The van der Waals surface area contributed by atoms with E-state index in [0.29, 0.717) is 0 Å². The lowest BCUT2D eigenvalue weighted by Gasteiger charge is -2.35. The first-order chi connectivity index (χ1) is 33.2. The van der Waals surface area contributed by atoms with Crippen molar-refractivity contribution in [1.29, 1.82) is 0 Å². The average molecular weight is 853 g/mol. The lowest BCUT2D eigenvalue weighted by atomic mass is 9.67. The van der Waals surface area contributed by atoms with Crippen molar-refractivity contribution in [1.82, 2.24) is 4.57 Å². The van der Waals surface area contributed by atoms with Crippen LogP contribution >= 0.6 is 0 Å². The van der Waals surface area contributed by atoms with Gasteiger partial charge in [0.1, 0.15) is 0 Å². The first-order valence-corrected chi connectivity index (χ1v) is 23.2. The van der Waals surface area contributed by atoms with Crippen LogP contribution in [0.3, 0.4) is 0 Å². The van der Waals surface area contributed by atoms with Crippen LogP contribution in [0.5, 0.6) is 0 Å². The Morgan fingerprint density at radius 1 is 0.299 bits per heavy atom. The fraction of sp³-hybridized carbons (Fsp3) is 0.0154. The Bertz CT molecular complexity index is 3720. The molecule has 0 amide bonds. The fourth-order valence-corrected chi connectivity index (χ4v) is 11.0. The summed E-state index contributed by atoms with van der Waals surface area (Å²) in [5, 5.41) is 5.04. The summed E-state index contributed by atoms with van der Waals surface area (Å²) in [7, 11) is 0. The van der Waals surface area contributed by atoms with Crippen LogP contribution < -0.4 is 4.90 Å². The molecule has 1 aromatic heterocycles. The summed E-state index contributed by atoms with van der Waals surface area (Å²) in [6.07, 6.45) is 0. The second kappa shape index (κ2) is 15.8. The summed E-state index contributed by atoms with van der Waals surface area (Å²) in [4.78, 5) is 2.41. The highest BCUT2D eigenvalue weighted by Crippen LogP contribution is 2.57. The molecule has 12 aromatic rings. The number of rotatable bonds is 8. The topological polar surface area (TPSA) is 8.17 Å². The first-order valence-electron chi connectivity index (χ1n) is 23.2. The summed E-state index contributed by atoms with van der Waals surface area (Å²) in [6.45, 7) is 0. The number of hydrogen-bond donors (Lipinski definition) is 0. The summed E-state index contributed by atoms with van der Waals surface area (Å²) in [5.74, 6) is 0. The Balaban J connectivity index is 0.925. The molecule has 0 aliphatic heterocycles. The second-order valence-electron chi connectivity index (χ2n) is 17.7. The maximum absolute atomic E-state index is 2.45. The molecular weight excluding hydrogens is 809 g/mol. The molecule has 0 unspecified atom stereocenters. The van der Waals surface area contributed by atoms with Crippen LogP contribution in [0.1, 0.15) is 22.3 Å². The van der Waals surface area contributed by atoms with Crippen LogP contribution in [0.2, 0.25) is 0 Å². The van der Waals surface area contributed by atoms with E-state index in [-0.39, 0.29) is 0 Å². The molecule has 314 valence electrons. The zero-order valence-corrected chi connectivity index (χ0v) is 36.8. The number of anilines is 3. The van der Waals surface area contributed by atoms with Gasteiger partial charge in [-0.25, -0.2) is 0 Å². The molecule has 67 heavy (non-hydrogen) atoms. The Kier molecular flexibility index (Phi) is 9.11. The van der Waals surface area contributed by atoms with Crippen LogP contribution in [-0.4, -0.2) is 4.57 Å². The van der Waals surface area contributed by atoms with Gasteiger partial charge in [-0.1, -0.05) is 200 Å². The maximum Gasteiger partial charge on any atom is 0.0714 e. The maximum atomic E-state index is 2.45. The number of nitrogens with zero attached hydrogens (tertiary/aromatic N) is 2. The van der Waals surface area contributed by atoms with Gasteiger partial charge in [-0.2, -0.15) is 0 Å². The number of hydrogen-bond acceptors (Lipinski definition) is 1. The van der Waals surface area contributed by atoms with Gasteiger partial charge in [-0.3, -0.25) is 0 Å². The van der Waals surface area contributed by atoms with Crippen molar-refractivity contribution in [3.63, 3.8) is 0 Å². The van der Waals surface area contributed by atoms with Gasteiger partial charge in [-0.15, -0.1) is 0 Å². The molecule has 1 aliphatic rings. The van der Waals surface area contributed by atoms with Crippen LogP contribution in [-0.2, 0) is 5.41 Å². The van der Waals surface area contributed by atoms with Crippen molar-refractivity contribution in [2.45, 2.75) is 5.41 Å². The van der Waals surface area contributed by atoms with E-state index in [0.717, 1.165) is 22.7 Å². The number of benzene rings is 11. The van der Waals surface area contributed by atoms with Gasteiger partial charge in [0.15, 0.2) is 0 Å². The Labute approximate surface area is 390 Å². The van der Waals surface area contributed by atoms with Gasteiger partial charge >= 0.3 is 0 Å². The predicted molar refractivity (Wildman–Crippen MR) is 281 cm³/mol. The Hall–Kier alpha value is -8.72. The Morgan fingerprint density at radius 3 is 1.42 bits per heavy atom. The minimum atomic E-state index is -0.504. The zero-order valence-electron chi connectivity index (χ0n) is 36.8. The van der Waals surface area contributed by atoms with Crippen molar-refractivity contribution in [2.24, 2.45) is 0 Å². The van der Waals surface area contributed by atoms with Crippen molar-refractivity contribution in [3.05, 3.63) is 289 Å². The van der Waals surface area contributed by atoms with Gasteiger partial charge in [0.25, 0.3) is 0 Å². The van der Waals surface area contributed by atoms with Gasteiger partial charge in [0, 0.05) is 33.5 Å². The normalized spacial score (nSPS) is 12.6. The van der Waals surface area contributed by atoms with Crippen molar-refractivity contribution >= 4 is 49.6 Å². The molecule has 1 heterocycles. The largest absolute Gasteiger partial charge is 0.310 e. The van der Waals surface area contributed by atoms with E-state index in [1.165, 1.54) is 88.2 Å². The number of para-hydroxylation sites is 1. The third-order valence-electron chi connectivity index (χ3n) is 14.1. The van der Waals surface area contributed by atoms with E-state index < -0.39 is 5.41 Å². The second-order valence-corrected chi connectivity index (χ2v) is 17.7. The molecule has 0 atom stereocenters. The smallest absolute Gasteiger partial charge is 0.0714 e. The molecule has 13 rings (SSSR count). The minimum Gasteiger partial charge on any atom is -0.310 e. The third kappa shape index (κ3) is 6.26. The number of fused-ring (bicyclic) bond motifs is 7. The summed E-state index contributed by atoms with van der Waals surface area (Å²) in [6, 6.07) is 98.0. The molecule has 0 fully saturated rings. The van der Waals surface area contributed by atoms with Gasteiger partial charge < -0.3 is 9.47 Å². The van der Waals surface area contributed by atoms with E-state index in [1.807, 2.05) is 0 Å². The van der Waals surface area contributed by atoms with E-state index in [2.05, 4.69) is 276 Å². The first kappa shape index (κ1) is 38.7. The van der Waals surface area contributed by atoms with Crippen LogP contribution in [0.15, 0.2) is 267 Å². The minimum absolute atomic E-state index is 0.504. The highest BCUT2D eigenvalue weighted by atomic mass is 15.1. The summed E-state index contributed by atoms with van der Waals surface area (Å²) in [5.41, 5.74) is 18.7. The van der Waals surface area contributed by atoms with Gasteiger partial charge in [-0.05, 0) is 133 Å². The molecule has 0 saturated heterocycles. The molecule has 2 nitrogen and oxygen atoms in total.